The van der Waals surface area contributed by atoms with Gasteiger partial charge in [0.2, 0.25) is 0 Å². The molecule has 4 rings (SSSR count). The molecule has 0 bridgehead atoms. The van der Waals surface area contributed by atoms with Gasteiger partial charge in [0.1, 0.15) is 23.6 Å². The molecule has 22 heavy (non-hydrogen) atoms. The van der Waals surface area contributed by atoms with E-state index in [9.17, 15) is 4.39 Å². The third-order valence-electron chi connectivity index (χ3n) is 4.14. The van der Waals surface area contributed by atoms with E-state index in [1.165, 1.54) is 0 Å². The summed E-state index contributed by atoms with van der Waals surface area (Å²) in [6, 6.07) is 5.48. The number of ether oxygens (including phenoxy) is 1. The number of alkyl halides is 1. The molecule has 0 amide bonds. The van der Waals surface area contributed by atoms with E-state index in [4.69, 9.17) is 10.5 Å². The lowest BCUT2D eigenvalue weighted by Gasteiger charge is -2.20. The molecular formula is C16H17FN4O. The number of hydrogen-bond acceptors (Lipinski definition) is 4. The number of pyridine rings is 1. The zero-order chi connectivity index (χ0) is 15.5. The number of benzene rings is 1. The van der Waals surface area contributed by atoms with E-state index < -0.39 is 5.67 Å². The molecule has 0 saturated heterocycles. The summed E-state index contributed by atoms with van der Waals surface area (Å²) in [5.74, 6) is 1.19. The van der Waals surface area contributed by atoms with Gasteiger partial charge in [-0.3, -0.25) is 0 Å². The summed E-state index contributed by atoms with van der Waals surface area (Å²) in [7, 11) is 0. The Morgan fingerprint density at radius 3 is 2.91 bits per heavy atom. The van der Waals surface area contributed by atoms with Crippen molar-refractivity contribution in [2.75, 3.05) is 12.3 Å². The maximum absolute atomic E-state index is 14.7. The summed E-state index contributed by atoms with van der Waals surface area (Å²) in [5, 5.41) is 0.792. The predicted molar refractivity (Wildman–Crippen MR) is 83.2 cm³/mol. The summed E-state index contributed by atoms with van der Waals surface area (Å²) >= 11 is 0. The molecule has 0 atom stereocenters. The molecule has 0 fully saturated rings. The van der Waals surface area contributed by atoms with Gasteiger partial charge in [0, 0.05) is 17.5 Å². The molecule has 0 saturated carbocycles. The molecule has 5 nitrogen and oxygen atoms in total. The normalized spacial score (nSPS) is 15.4. The highest BCUT2D eigenvalue weighted by Gasteiger charge is 2.27. The van der Waals surface area contributed by atoms with Crippen LogP contribution in [0.15, 0.2) is 18.2 Å². The number of hydrogen-bond donors (Lipinski definition) is 1. The van der Waals surface area contributed by atoms with Crippen LogP contribution in [0.5, 0.6) is 0 Å². The minimum absolute atomic E-state index is 0.373. The Kier molecular flexibility index (Phi) is 2.69. The van der Waals surface area contributed by atoms with E-state index in [2.05, 4.69) is 14.5 Å². The number of fused-ring (bicyclic) bond motifs is 5. The standard InChI is InChI=1S/C16H17FN4O/c1-16(2,17)9-4-3-5-10-12(9)14-13(15(18)19-10)20-11-8-22-7-6-21(11)14/h3-5H,6-8H2,1-2H3,(H2,18,19). The number of rotatable bonds is 1. The third-order valence-corrected chi connectivity index (χ3v) is 4.14. The van der Waals surface area contributed by atoms with E-state index in [0.29, 0.717) is 42.2 Å². The highest BCUT2D eigenvalue weighted by atomic mass is 19.1. The van der Waals surface area contributed by atoms with Gasteiger partial charge in [-0.1, -0.05) is 12.1 Å². The molecule has 0 radical (unpaired) electrons. The van der Waals surface area contributed by atoms with Crippen LogP contribution >= 0.6 is 0 Å². The minimum atomic E-state index is -1.47. The highest BCUT2D eigenvalue weighted by molar-refractivity contribution is 6.08. The van der Waals surface area contributed by atoms with Crippen LogP contribution in [-0.2, 0) is 23.6 Å². The Labute approximate surface area is 126 Å². The predicted octanol–water partition coefficient (Wildman–Crippen LogP) is 2.90. The average molecular weight is 300 g/mol. The Balaban J connectivity index is 2.23. The Hall–Kier alpha value is -2.21. The summed E-state index contributed by atoms with van der Waals surface area (Å²) in [6.45, 7) is 4.85. The fourth-order valence-electron chi connectivity index (χ4n) is 3.16. The van der Waals surface area contributed by atoms with Crippen LogP contribution < -0.4 is 5.73 Å². The van der Waals surface area contributed by atoms with Crippen molar-refractivity contribution in [1.29, 1.82) is 0 Å². The van der Waals surface area contributed by atoms with Gasteiger partial charge in [-0.15, -0.1) is 0 Å². The van der Waals surface area contributed by atoms with Crippen molar-refractivity contribution in [2.24, 2.45) is 0 Å². The van der Waals surface area contributed by atoms with E-state index >= 15 is 0 Å². The van der Waals surface area contributed by atoms with Gasteiger partial charge in [0.25, 0.3) is 0 Å². The van der Waals surface area contributed by atoms with Gasteiger partial charge in [0.15, 0.2) is 5.82 Å². The van der Waals surface area contributed by atoms with Crippen LogP contribution in [0.1, 0.15) is 25.2 Å². The second-order valence-corrected chi connectivity index (χ2v) is 6.10. The maximum Gasteiger partial charge on any atom is 0.152 e. The molecule has 0 aliphatic carbocycles. The molecule has 2 N–H and O–H groups in total. The molecule has 2 aromatic heterocycles. The van der Waals surface area contributed by atoms with Gasteiger partial charge >= 0.3 is 0 Å². The van der Waals surface area contributed by atoms with Gasteiger partial charge in [-0.2, -0.15) is 0 Å². The average Bonchev–Trinajstić information content (AvgIpc) is 2.86. The molecular weight excluding hydrogens is 283 g/mol. The van der Waals surface area contributed by atoms with Gasteiger partial charge < -0.3 is 15.0 Å². The monoisotopic (exact) mass is 300 g/mol. The van der Waals surface area contributed by atoms with E-state index in [0.717, 1.165) is 16.7 Å². The van der Waals surface area contributed by atoms with Crippen LogP contribution in [0.3, 0.4) is 0 Å². The first-order chi connectivity index (χ1) is 10.5. The number of nitrogens with zero attached hydrogens (tertiary/aromatic N) is 3. The van der Waals surface area contributed by atoms with Crippen molar-refractivity contribution < 1.29 is 9.13 Å². The topological polar surface area (TPSA) is 66.0 Å². The lowest BCUT2D eigenvalue weighted by Crippen LogP contribution is -2.17. The first-order valence-electron chi connectivity index (χ1n) is 7.31. The molecule has 0 spiro atoms. The van der Waals surface area contributed by atoms with E-state index in [1.807, 2.05) is 12.1 Å². The number of imidazole rings is 1. The Bertz CT molecular complexity index is 895. The van der Waals surface area contributed by atoms with Crippen LogP contribution in [-0.4, -0.2) is 21.1 Å². The minimum Gasteiger partial charge on any atom is -0.382 e. The molecule has 1 aliphatic rings. The lowest BCUT2D eigenvalue weighted by atomic mass is 9.95. The molecule has 1 aromatic carbocycles. The van der Waals surface area contributed by atoms with E-state index in [-0.39, 0.29) is 0 Å². The zero-order valence-electron chi connectivity index (χ0n) is 12.6. The lowest BCUT2D eigenvalue weighted by molar-refractivity contribution is 0.0831. The second-order valence-electron chi connectivity index (χ2n) is 6.10. The van der Waals surface area contributed by atoms with Crippen molar-refractivity contribution in [3.05, 3.63) is 29.6 Å². The zero-order valence-corrected chi connectivity index (χ0v) is 12.6. The molecule has 3 aromatic rings. The Morgan fingerprint density at radius 1 is 1.32 bits per heavy atom. The number of aromatic nitrogens is 3. The van der Waals surface area contributed by atoms with Crippen molar-refractivity contribution in [1.82, 2.24) is 14.5 Å². The maximum atomic E-state index is 14.7. The smallest absolute Gasteiger partial charge is 0.152 e. The van der Waals surface area contributed by atoms with Crippen molar-refractivity contribution >= 4 is 27.8 Å². The van der Waals surface area contributed by atoms with Crippen molar-refractivity contribution in [2.45, 2.75) is 32.7 Å². The van der Waals surface area contributed by atoms with Crippen LogP contribution in [0.4, 0.5) is 10.2 Å². The summed E-state index contributed by atoms with van der Waals surface area (Å²) in [6.07, 6.45) is 0. The molecule has 6 heteroatoms. The van der Waals surface area contributed by atoms with E-state index in [1.54, 1.807) is 19.9 Å². The number of nitrogens with two attached hydrogens (primary N) is 1. The first-order valence-corrected chi connectivity index (χ1v) is 7.31. The SMILES string of the molecule is CC(C)(F)c1cccc2nc(N)c3nc4n(c3c12)CCOC4. The number of nitrogen functional groups attached to an aromatic ring is 1. The quantitative estimate of drug-likeness (QED) is 0.750. The van der Waals surface area contributed by atoms with Crippen LogP contribution in [0.25, 0.3) is 21.9 Å². The van der Waals surface area contributed by atoms with Gasteiger partial charge in [-0.25, -0.2) is 14.4 Å². The summed E-state index contributed by atoms with van der Waals surface area (Å²) in [5.41, 5.74) is 7.40. The first kappa shape index (κ1) is 13.5. The molecule has 3 heterocycles. The molecule has 1 aliphatic heterocycles. The Morgan fingerprint density at radius 2 is 2.14 bits per heavy atom. The van der Waals surface area contributed by atoms with Crippen LogP contribution in [0.2, 0.25) is 0 Å². The van der Waals surface area contributed by atoms with Crippen molar-refractivity contribution in [3.63, 3.8) is 0 Å². The fourth-order valence-corrected chi connectivity index (χ4v) is 3.16. The van der Waals surface area contributed by atoms with Gasteiger partial charge in [0.05, 0.1) is 17.6 Å². The van der Waals surface area contributed by atoms with Crippen LogP contribution in [0, 0.1) is 0 Å². The summed E-state index contributed by atoms with van der Waals surface area (Å²) < 4.78 is 22.2. The van der Waals surface area contributed by atoms with Gasteiger partial charge in [-0.05, 0) is 19.9 Å². The highest BCUT2D eigenvalue weighted by Crippen LogP contribution is 2.37. The molecule has 0 unspecified atom stereocenters. The molecule has 114 valence electrons. The number of halogens is 1. The second kappa shape index (κ2) is 4.39. The fraction of sp³-hybridized carbons (Fsp3) is 0.375. The van der Waals surface area contributed by atoms with Crippen molar-refractivity contribution in [3.8, 4) is 0 Å². The third kappa shape index (κ3) is 1.80. The number of anilines is 1. The summed E-state index contributed by atoms with van der Waals surface area (Å²) in [4.78, 5) is 8.97. The largest absolute Gasteiger partial charge is 0.382 e.